The molecule has 0 spiro atoms. The maximum atomic E-state index is 13.4. The SMILES string of the molecule is COc1ccccc1C(C)NC(=O)CN(c1cccc(F)c1)S(C)(=O)=O. The number of anilines is 1. The Hall–Kier alpha value is -2.61. The van der Waals surface area contributed by atoms with Crippen LogP contribution in [0.4, 0.5) is 10.1 Å². The number of hydrogen-bond donors (Lipinski definition) is 1. The van der Waals surface area contributed by atoms with Gasteiger partial charge in [-0.2, -0.15) is 0 Å². The van der Waals surface area contributed by atoms with Crippen LogP contribution in [0.15, 0.2) is 48.5 Å². The molecule has 8 heteroatoms. The second kappa shape index (κ2) is 8.18. The van der Waals surface area contributed by atoms with Crippen LogP contribution in [0.25, 0.3) is 0 Å². The summed E-state index contributed by atoms with van der Waals surface area (Å²) in [5.74, 6) is -0.484. The molecule has 140 valence electrons. The quantitative estimate of drug-likeness (QED) is 0.801. The highest BCUT2D eigenvalue weighted by molar-refractivity contribution is 7.92. The first kappa shape index (κ1) is 19.7. The van der Waals surface area contributed by atoms with Gasteiger partial charge in [0.1, 0.15) is 18.1 Å². The first-order valence-corrected chi connectivity index (χ1v) is 9.72. The largest absolute Gasteiger partial charge is 0.496 e. The average molecular weight is 380 g/mol. The summed E-state index contributed by atoms with van der Waals surface area (Å²) < 4.78 is 43.6. The van der Waals surface area contributed by atoms with Crippen LogP contribution in [-0.4, -0.2) is 34.2 Å². The standard InChI is InChI=1S/C18H21FN2O4S/c1-13(16-9-4-5-10-17(16)25-2)20-18(22)12-21(26(3,23)24)15-8-6-7-14(19)11-15/h4-11,13H,12H2,1-3H3,(H,20,22). The molecule has 0 heterocycles. The summed E-state index contributed by atoms with van der Waals surface area (Å²) in [4.78, 5) is 12.4. The topological polar surface area (TPSA) is 75.7 Å². The molecule has 0 bridgehead atoms. The molecule has 0 aliphatic carbocycles. The number of sulfonamides is 1. The first-order valence-electron chi connectivity index (χ1n) is 7.88. The Bertz CT molecular complexity index is 886. The molecule has 1 unspecified atom stereocenters. The highest BCUT2D eigenvalue weighted by atomic mass is 32.2. The van der Waals surface area contributed by atoms with Gasteiger partial charge < -0.3 is 10.1 Å². The van der Waals surface area contributed by atoms with E-state index >= 15 is 0 Å². The van der Waals surface area contributed by atoms with Gasteiger partial charge in [-0.15, -0.1) is 0 Å². The van der Waals surface area contributed by atoms with Crippen LogP contribution in [0.2, 0.25) is 0 Å². The third-order valence-electron chi connectivity index (χ3n) is 3.77. The van der Waals surface area contributed by atoms with Crippen molar-refractivity contribution in [1.82, 2.24) is 5.32 Å². The lowest BCUT2D eigenvalue weighted by Crippen LogP contribution is -2.41. The number of carbonyl (C=O) groups is 1. The number of halogens is 1. The first-order chi connectivity index (χ1) is 12.2. The van der Waals surface area contributed by atoms with Crippen molar-refractivity contribution in [2.75, 3.05) is 24.2 Å². The van der Waals surface area contributed by atoms with Crippen LogP contribution >= 0.6 is 0 Å². The molecule has 0 aromatic heterocycles. The molecule has 1 atom stereocenters. The van der Waals surface area contributed by atoms with Crippen LogP contribution in [0, 0.1) is 5.82 Å². The molecule has 2 aromatic rings. The number of amides is 1. The summed E-state index contributed by atoms with van der Waals surface area (Å²) in [7, 11) is -2.23. The normalized spacial score (nSPS) is 12.3. The van der Waals surface area contributed by atoms with Gasteiger partial charge in [0.05, 0.1) is 25.1 Å². The zero-order valence-electron chi connectivity index (χ0n) is 14.8. The number of rotatable bonds is 7. The summed E-state index contributed by atoms with van der Waals surface area (Å²) in [5.41, 5.74) is 0.854. The van der Waals surface area contributed by atoms with E-state index in [1.807, 2.05) is 18.2 Å². The Morgan fingerprint density at radius 1 is 1.23 bits per heavy atom. The number of nitrogens with one attached hydrogen (secondary N) is 1. The van der Waals surface area contributed by atoms with Crippen LogP contribution in [0.3, 0.4) is 0 Å². The van der Waals surface area contributed by atoms with Crippen LogP contribution in [-0.2, 0) is 14.8 Å². The van der Waals surface area contributed by atoms with Gasteiger partial charge in [-0.25, -0.2) is 12.8 Å². The highest BCUT2D eigenvalue weighted by Gasteiger charge is 2.22. The van der Waals surface area contributed by atoms with E-state index in [2.05, 4.69) is 5.32 Å². The second-order valence-electron chi connectivity index (χ2n) is 5.78. The van der Waals surface area contributed by atoms with Gasteiger partial charge in [-0.05, 0) is 31.2 Å². The number of nitrogens with zero attached hydrogens (tertiary/aromatic N) is 1. The van der Waals surface area contributed by atoms with Gasteiger partial charge in [0, 0.05) is 5.56 Å². The number of benzene rings is 2. The monoisotopic (exact) mass is 380 g/mol. The molecule has 2 rings (SSSR count). The van der Waals surface area contributed by atoms with E-state index in [1.165, 1.54) is 25.3 Å². The number of methoxy groups -OCH3 is 1. The third-order valence-corrected chi connectivity index (χ3v) is 4.91. The molecular weight excluding hydrogens is 359 g/mol. The smallest absolute Gasteiger partial charge is 0.241 e. The van der Waals surface area contributed by atoms with Crippen molar-refractivity contribution in [2.24, 2.45) is 0 Å². The molecular formula is C18H21FN2O4S. The molecule has 0 radical (unpaired) electrons. The fraction of sp³-hybridized carbons (Fsp3) is 0.278. The number of para-hydroxylation sites is 1. The zero-order valence-corrected chi connectivity index (χ0v) is 15.6. The minimum atomic E-state index is -3.76. The molecule has 0 saturated carbocycles. The van der Waals surface area contributed by atoms with Crippen molar-refractivity contribution >= 4 is 21.6 Å². The molecule has 0 fully saturated rings. The zero-order chi connectivity index (χ0) is 19.3. The summed E-state index contributed by atoms with van der Waals surface area (Å²) in [5, 5.41) is 2.74. The average Bonchev–Trinajstić information content (AvgIpc) is 2.58. The molecule has 2 aromatic carbocycles. The van der Waals surface area contributed by atoms with Crippen molar-refractivity contribution in [3.63, 3.8) is 0 Å². The summed E-state index contributed by atoms with van der Waals surface area (Å²) in [6.45, 7) is 1.31. The van der Waals surface area contributed by atoms with E-state index in [4.69, 9.17) is 4.74 Å². The Kier molecular flexibility index (Phi) is 6.20. The van der Waals surface area contributed by atoms with Crippen molar-refractivity contribution in [3.05, 3.63) is 59.9 Å². The lowest BCUT2D eigenvalue weighted by atomic mass is 10.1. The molecule has 26 heavy (non-hydrogen) atoms. The predicted octanol–water partition coefficient (Wildman–Crippen LogP) is 2.48. The van der Waals surface area contributed by atoms with E-state index in [0.717, 1.165) is 22.2 Å². The minimum Gasteiger partial charge on any atom is -0.496 e. The van der Waals surface area contributed by atoms with Gasteiger partial charge in [-0.3, -0.25) is 9.10 Å². The van der Waals surface area contributed by atoms with Gasteiger partial charge in [-0.1, -0.05) is 24.3 Å². The Labute approximate surface area is 152 Å². The minimum absolute atomic E-state index is 0.0904. The molecule has 0 aliphatic heterocycles. The van der Waals surface area contributed by atoms with Gasteiger partial charge >= 0.3 is 0 Å². The molecule has 1 N–H and O–H groups in total. The van der Waals surface area contributed by atoms with Crippen molar-refractivity contribution in [3.8, 4) is 5.75 Å². The third kappa shape index (κ3) is 4.95. The van der Waals surface area contributed by atoms with Crippen molar-refractivity contribution in [1.29, 1.82) is 0 Å². The van der Waals surface area contributed by atoms with E-state index < -0.39 is 34.3 Å². The lowest BCUT2D eigenvalue weighted by molar-refractivity contribution is -0.120. The number of ether oxygens (including phenoxy) is 1. The molecule has 0 aliphatic rings. The van der Waals surface area contributed by atoms with Crippen LogP contribution in [0.5, 0.6) is 5.75 Å². The number of carbonyl (C=O) groups excluding carboxylic acids is 1. The predicted molar refractivity (Wildman–Crippen MR) is 98.1 cm³/mol. The summed E-state index contributed by atoms with van der Waals surface area (Å²) in [6.07, 6.45) is 0.967. The maximum absolute atomic E-state index is 13.4. The van der Waals surface area contributed by atoms with Crippen LogP contribution in [0.1, 0.15) is 18.5 Å². The van der Waals surface area contributed by atoms with E-state index in [0.29, 0.717) is 5.75 Å². The fourth-order valence-electron chi connectivity index (χ4n) is 2.55. The van der Waals surface area contributed by atoms with Crippen LogP contribution < -0.4 is 14.4 Å². The summed E-state index contributed by atoms with van der Waals surface area (Å²) in [6, 6.07) is 11.9. The Morgan fingerprint density at radius 3 is 2.54 bits per heavy atom. The fourth-order valence-corrected chi connectivity index (χ4v) is 3.40. The lowest BCUT2D eigenvalue weighted by Gasteiger charge is -2.23. The van der Waals surface area contributed by atoms with Gasteiger partial charge in [0.15, 0.2) is 0 Å². The van der Waals surface area contributed by atoms with E-state index in [9.17, 15) is 17.6 Å². The summed E-state index contributed by atoms with van der Waals surface area (Å²) >= 11 is 0. The Balaban J connectivity index is 2.17. The van der Waals surface area contributed by atoms with E-state index in [1.54, 1.807) is 13.0 Å². The maximum Gasteiger partial charge on any atom is 0.241 e. The van der Waals surface area contributed by atoms with E-state index in [-0.39, 0.29) is 5.69 Å². The second-order valence-corrected chi connectivity index (χ2v) is 7.69. The number of hydrogen-bond acceptors (Lipinski definition) is 4. The highest BCUT2D eigenvalue weighted by Crippen LogP contribution is 2.24. The molecule has 1 amide bonds. The molecule has 0 saturated heterocycles. The van der Waals surface area contributed by atoms with Crippen molar-refractivity contribution in [2.45, 2.75) is 13.0 Å². The van der Waals surface area contributed by atoms with Gasteiger partial charge in [0.25, 0.3) is 0 Å². The molecule has 6 nitrogen and oxygen atoms in total. The Morgan fingerprint density at radius 2 is 1.92 bits per heavy atom. The van der Waals surface area contributed by atoms with Crippen molar-refractivity contribution < 1.29 is 22.3 Å². The van der Waals surface area contributed by atoms with Gasteiger partial charge in [0.2, 0.25) is 15.9 Å².